The molecular weight excluding hydrogens is 641 g/mol. The van der Waals surface area contributed by atoms with Crippen LogP contribution in [0.2, 0.25) is 0 Å². The van der Waals surface area contributed by atoms with Crippen LogP contribution in [-0.4, -0.2) is 9.97 Å². The number of benzene rings is 7. The zero-order valence-electron chi connectivity index (χ0n) is 29.1. The van der Waals surface area contributed by atoms with Crippen LogP contribution >= 0.6 is 0 Å². The number of nitrogens with zero attached hydrogens (tertiary/aromatic N) is 2. The molecular formula is C51H34N2. The molecule has 0 N–H and O–H groups in total. The average Bonchev–Trinajstić information content (AvgIpc) is 3.71. The van der Waals surface area contributed by atoms with Gasteiger partial charge < -0.3 is 0 Å². The van der Waals surface area contributed by atoms with E-state index in [0.717, 1.165) is 46.7 Å². The Bertz CT molecular complexity index is 2770. The Balaban J connectivity index is 1.12. The average molecular weight is 675 g/mol. The first kappa shape index (κ1) is 30.0. The molecule has 0 saturated carbocycles. The molecule has 248 valence electrons. The molecule has 0 atom stereocenters. The van der Waals surface area contributed by atoms with Gasteiger partial charge in [-0.2, -0.15) is 0 Å². The molecule has 11 rings (SSSR count). The zero-order valence-corrected chi connectivity index (χ0v) is 29.1. The molecule has 7 aromatic carbocycles. The van der Waals surface area contributed by atoms with Gasteiger partial charge in [0.25, 0.3) is 0 Å². The number of rotatable bonds is 4. The molecule has 1 aromatic heterocycles. The summed E-state index contributed by atoms with van der Waals surface area (Å²) in [7, 11) is 0. The zero-order chi connectivity index (χ0) is 34.9. The van der Waals surface area contributed by atoms with E-state index in [0.29, 0.717) is 0 Å². The normalized spacial score (nSPS) is 14.5. The standard InChI is InChI=1S/C51H34N2/c1-2-12-33(13-3-1)35-22-25-36(26-23-35)48-32-49(53-50(52-48)39-27-24-34-14-4-5-15-37(34)30-39)38-28-29-43-42-18-8-11-21-46(42)51(47(43)31-38)44-19-9-6-16-40(44)41-17-7-10-20-45(41)51/h1-2,4-12,14-32H,3,13H2. The van der Waals surface area contributed by atoms with Crippen molar-refractivity contribution in [1.82, 2.24) is 9.97 Å². The Hall–Kier alpha value is -6.64. The van der Waals surface area contributed by atoms with E-state index < -0.39 is 5.41 Å². The fourth-order valence-corrected chi connectivity index (χ4v) is 9.15. The van der Waals surface area contributed by atoms with Gasteiger partial charge in [0.2, 0.25) is 0 Å². The smallest absolute Gasteiger partial charge is 0.160 e. The van der Waals surface area contributed by atoms with Crippen molar-refractivity contribution in [2.45, 2.75) is 18.3 Å². The summed E-state index contributed by atoms with van der Waals surface area (Å²) in [5.74, 6) is 0.725. The highest BCUT2D eigenvalue weighted by atomic mass is 14.9. The molecule has 3 aliphatic carbocycles. The SMILES string of the molecule is C1=CCCC(c2ccc(-c3cc(-c4ccc5c(c4)C4(c6ccccc6-c6ccccc64)c4ccccc4-5)nc(-c4ccc5ccccc5c4)n3)cc2)=C1. The van der Waals surface area contributed by atoms with E-state index in [1.807, 2.05) is 0 Å². The number of hydrogen-bond donors (Lipinski definition) is 0. The predicted octanol–water partition coefficient (Wildman–Crippen LogP) is 12.7. The third-order valence-corrected chi connectivity index (χ3v) is 11.6. The summed E-state index contributed by atoms with van der Waals surface area (Å²) in [5.41, 5.74) is 17.7. The number of aromatic nitrogens is 2. The van der Waals surface area contributed by atoms with Crippen molar-refractivity contribution in [3.63, 3.8) is 0 Å². The van der Waals surface area contributed by atoms with Crippen molar-refractivity contribution in [3.05, 3.63) is 210 Å². The highest BCUT2D eigenvalue weighted by Gasteiger charge is 2.51. The third kappa shape index (κ3) is 4.52. The highest BCUT2D eigenvalue weighted by molar-refractivity contribution is 5.96. The summed E-state index contributed by atoms with van der Waals surface area (Å²) in [6.45, 7) is 0. The second-order valence-electron chi connectivity index (χ2n) is 14.4. The lowest BCUT2D eigenvalue weighted by Crippen LogP contribution is -2.25. The first-order chi connectivity index (χ1) is 26.3. The van der Waals surface area contributed by atoms with Crippen molar-refractivity contribution in [1.29, 1.82) is 0 Å². The van der Waals surface area contributed by atoms with Gasteiger partial charge in [0, 0.05) is 16.7 Å². The van der Waals surface area contributed by atoms with E-state index in [9.17, 15) is 0 Å². The second kappa shape index (κ2) is 11.7. The van der Waals surface area contributed by atoms with Gasteiger partial charge in [0.1, 0.15) is 0 Å². The minimum absolute atomic E-state index is 0.412. The summed E-state index contributed by atoms with van der Waals surface area (Å²) >= 11 is 0. The fourth-order valence-electron chi connectivity index (χ4n) is 9.15. The third-order valence-electron chi connectivity index (χ3n) is 11.6. The summed E-state index contributed by atoms with van der Waals surface area (Å²) in [4.78, 5) is 10.6. The summed E-state index contributed by atoms with van der Waals surface area (Å²) < 4.78 is 0. The minimum Gasteiger partial charge on any atom is -0.228 e. The Morgan fingerprint density at radius 3 is 1.62 bits per heavy atom. The van der Waals surface area contributed by atoms with E-state index in [1.165, 1.54) is 66.4 Å². The molecule has 3 aliphatic rings. The molecule has 1 heterocycles. The van der Waals surface area contributed by atoms with Gasteiger partial charge >= 0.3 is 0 Å². The van der Waals surface area contributed by atoms with Crippen LogP contribution in [0.25, 0.3) is 72.5 Å². The minimum atomic E-state index is -0.412. The molecule has 1 spiro atoms. The summed E-state index contributed by atoms with van der Waals surface area (Å²) in [6.07, 6.45) is 8.79. The van der Waals surface area contributed by atoms with Crippen LogP contribution in [0.3, 0.4) is 0 Å². The first-order valence-electron chi connectivity index (χ1n) is 18.5. The molecule has 2 heteroatoms. The maximum Gasteiger partial charge on any atom is 0.160 e. The molecule has 0 bridgehead atoms. The van der Waals surface area contributed by atoms with Crippen LogP contribution in [0.5, 0.6) is 0 Å². The van der Waals surface area contributed by atoms with Crippen LogP contribution in [0, 0.1) is 0 Å². The Morgan fingerprint density at radius 2 is 0.962 bits per heavy atom. The summed E-state index contributed by atoms with van der Waals surface area (Å²) in [5, 5.41) is 2.38. The summed E-state index contributed by atoms with van der Waals surface area (Å²) in [6, 6.07) is 60.0. The van der Waals surface area contributed by atoms with Gasteiger partial charge in [-0.25, -0.2) is 9.97 Å². The number of allylic oxidation sites excluding steroid dienone is 4. The lowest BCUT2D eigenvalue weighted by molar-refractivity contribution is 0.794. The van der Waals surface area contributed by atoms with Crippen LogP contribution in [-0.2, 0) is 5.41 Å². The number of hydrogen-bond acceptors (Lipinski definition) is 2. The van der Waals surface area contributed by atoms with Gasteiger partial charge in [-0.15, -0.1) is 0 Å². The van der Waals surface area contributed by atoms with Crippen molar-refractivity contribution < 1.29 is 0 Å². The van der Waals surface area contributed by atoms with Crippen LogP contribution in [0.15, 0.2) is 182 Å². The quantitative estimate of drug-likeness (QED) is 0.186. The molecule has 2 nitrogen and oxygen atoms in total. The second-order valence-corrected chi connectivity index (χ2v) is 14.4. The lowest BCUT2D eigenvalue weighted by atomic mass is 9.70. The Morgan fingerprint density at radius 1 is 0.415 bits per heavy atom. The Labute approximate surface area is 309 Å². The molecule has 0 aliphatic heterocycles. The van der Waals surface area contributed by atoms with E-state index in [2.05, 4.69) is 182 Å². The molecule has 0 unspecified atom stereocenters. The van der Waals surface area contributed by atoms with Crippen molar-refractivity contribution in [3.8, 4) is 56.2 Å². The predicted molar refractivity (Wildman–Crippen MR) is 218 cm³/mol. The topological polar surface area (TPSA) is 25.8 Å². The Kier molecular flexibility index (Phi) is 6.63. The van der Waals surface area contributed by atoms with Gasteiger partial charge in [0.05, 0.1) is 16.8 Å². The van der Waals surface area contributed by atoms with Crippen molar-refractivity contribution >= 4 is 16.3 Å². The molecule has 0 fully saturated rings. The monoisotopic (exact) mass is 674 g/mol. The molecule has 0 radical (unpaired) electrons. The maximum absolute atomic E-state index is 5.35. The van der Waals surface area contributed by atoms with Crippen molar-refractivity contribution in [2.24, 2.45) is 0 Å². The molecule has 8 aromatic rings. The highest BCUT2D eigenvalue weighted by Crippen LogP contribution is 2.63. The van der Waals surface area contributed by atoms with Gasteiger partial charge in [-0.05, 0) is 97.5 Å². The lowest BCUT2D eigenvalue weighted by Gasteiger charge is -2.30. The van der Waals surface area contributed by atoms with Crippen LogP contribution < -0.4 is 0 Å². The van der Waals surface area contributed by atoms with E-state index in [-0.39, 0.29) is 0 Å². The van der Waals surface area contributed by atoms with Crippen LogP contribution in [0.1, 0.15) is 40.7 Å². The van der Waals surface area contributed by atoms with Gasteiger partial charge in [0.15, 0.2) is 5.82 Å². The van der Waals surface area contributed by atoms with E-state index >= 15 is 0 Å². The largest absolute Gasteiger partial charge is 0.228 e. The maximum atomic E-state index is 5.35. The molecule has 53 heavy (non-hydrogen) atoms. The molecule has 0 saturated heterocycles. The van der Waals surface area contributed by atoms with Crippen molar-refractivity contribution in [2.75, 3.05) is 0 Å². The molecule has 0 amide bonds. The first-order valence-corrected chi connectivity index (χ1v) is 18.5. The van der Waals surface area contributed by atoms with E-state index in [4.69, 9.17) is 9.97 Å². The van der Waals surface area contributed by atoms with Gasteiger partial charge in [-0.1, -0.05) is 164 Å². The van der Waals surface area contributed by atoms with Gasteiger partial charge in [-0.3, -0.25) is 0 Å². The fraction of sp³-hybridized carbons (Fsp3) is 0.0588. The number of fused-ring (bicyclic) bond motifs is 11. The van der Waals surface area contributed by atoms with Crippen LogP contribution in [0.4, 0.5) is 0 Å². The van der Waals surface area contributed by atoms with E-state index in [1.54, 1.807) is 0 Å².